The van der Waals surface area contributed by atoms with E-state index in [1.54, 1.807) is 31.4 Å². The maximum atomic E-state index is 12.7. The van der Waals surface area contributed by atoms with Crippen LogP contribution in [0.25, 0.3) is 10.4 Å². The number of carbonyl (C=O) groups is 3. The number of rotatable bonds is 6. The van der Waals surface area contributed by atoms with Gasteiger partial charge in [0.15, 0.2) is 6.10 Å². The van der Waals surface area contributed by atoms with Crippen molar-refractivity contribution in [1.29, 1.82) is 0 Å². The summed E-state index contributed by atoms with van der Waals surface area (Å²) in [7, 11) is 1.65. The van der Waals surface area contributed by atoms with E-state index in [2.05, 4.69) is 10.6 Å². The number of hydrogen-bond acceptors (Lipinski definition) is 6. The molecule has 0 bridgehead atoms. The van der Waals surface area contributed by atoms with E-state index < -0.39 is 18.0 Å². The fourth-order valence-electron chi connectivity index (χ4n) is 3.69. The summed E-state index contributed by atoms with van der Waals surface area (Å²) in [6, 6.07) is 14.5. The first-order chi connectivity index (χ1) is 15.8. The van der Waals surface area contributed by atoms with Gasteiger partial charge in [0.2, 0.25) is 5.91 Å². The number of esters is 1. The van der Waals surface area contributed by atoms with E-state index >= 15 is 0 Å². The Balaban J connectivity index is 1.40. The van der Waals surface area contributed by atoms with Crippen LogP contribution >= 0.6 is 11.3 Å². The molecule has 33 heavy (non-hydrogen) atoms. The van der Waals surface area contributed by atoms with Crippen molar-refractivity contribution in [3.8, 4) is 16.2 Å². The Hall–Kier alpha value is -3.65. The molecule has 8 heteroatoms. The largest absolute Gasteiger partial charge is 0.497 e. The second kappa shape index (κ2) is 9.46. The molecule has 0 fully saturated rings. The van der Waals surface area contributed by atoms with Gasteiger partial charge in [-0.05, 0) is 85.0 Å². The van der Waals surface area contributed by atoms with E-state index in [9.17, 15) is 14.4 Å². The number of methoxy groups -OCH3 is 1. The number of anilines is 2. The quantitative estimate of drug-likeness (QED) is 0.518. The highest BCUT2D eigenvalue weighted by Crippen LogP contribution is 2.41. The van der Waals surface area contributed by atoms with Gasteiger partial charge in [0.05, 0.1) is 7.11 Å². The van der Waals surface area contributed by atoms with Crippen molar-refractivity contribution in [3.05, 3.63) is 64.5 Å². The molecule has 170 valence electrons. The van der Waals surface area contributed by atoms with Crippen LogP contribution in [0.3, 0.4) is 0 Å². The van der Waals surface area contributed by atoms with Crippen molar-refractivity contribution in [3.63, 3.8) is 0 Å². The standard InChI is InChI=1S/C25H24N2O5S/c1-14(24(29)27-19-8-6-18(7-9-19)26-15(2)28)32-25(30)22-13-17-5-4-16-12-20(31-3)10-11-21(16)23(17)33-22/h6-14H,4-5H2,1-3H3,(H,26,28)(H,27,29)/t14-/m1/s1. The lowest BCUT2D eigenvalue weighted by atomic mass is 9.91. The summed E-state index contributed by atoms with van der Waals surface area (Å²) in [6.07, 6.45) is 0.747. The third-order valence-electron chi connectivity index (χ3n) is 5.36. The Kier molecular flexibility index (Phi) is 6.46. The molecule has 4 rings (SSSR count). The van der Waals surface area contributed by atoms with Crippen molar-refractivity contribution in [2.24, 2.45) is 0 Å². The Labute approximate surface area is 195 Å². The first kappa shape index (κ1) is 22.5. The molecular formula is C25H24N2O5S. The average Bonchev–Trinajstić information content (AvgIpc) is 3.24. The van der Waals surface area contributed by atoms with Crippen molar-refractivity contribution in [2.75, 3.05) is 17.7 Å². The minimum absolute atomic E-state index is 0.175. The molecule has 1 aliphatic carbocycles. The van der Waals surface area contributed by atoms with Gasteiger partial charge in [-0.25, -0.2) is 4.79 Å². The first-order valence-corrected chi connectivity index (χ1v) is 11.3. The molecule has 0 radical (unpaired) electrons. The number of ether oxygens (including phenoxy) is 2. The highest BCUT2D eigenvalue weighted by atomic mass is 32.1. The first-order valence-electron chi connectivity index (χ1n) is 10.5. The molecule has 0 aliphatic heterocycles. The number of hydrogen-bond donors (Lipinski definition) is 2. The Bertz CT molecular complexity index is 1220. The molecule has 0 unspecified atom stereocenters. The van der Waals surface area contributed by atoms with Crippen molar-refractivity contribution in [2.45, 2.75) is 32.8 Å². The summed E-state index contributed by atoms with van der Waals surface area (Å²) in [5, 5.41) is 5.37. The normalized spacial score (nSPS) is 12.7. The van der Waals surface area contributed by atoms with Crippen LogP contribution in [0, 0.1) is 0 Å². The number of amides is 2. The summed E-state index contributed by atoms with van der Waals surface area (Å²) in [6.45, 7) is 2.96. The van der Waals surface area contributed by atoms with Crippen LogP contribution in [0.15, 0.2) is 48.5 Å². The predicted octanol–water partition coefficient (Wildman–Crippen LogP) is 4.66. The molecule has 0 saturated heterocycles. The number of thiophene rings is 1. The van der Waals surface area contributed by atoms with Crippen molar-refractivity contribution < 1.29 is 23.9 Å². The van der Waals surface area contributed by atoms with Crippen LogP contribution in [0.1, 0.15) is 34.6 Å². The lowest BCUT2D eigenvalue weighted by Crippen LogP contribution is -2.29. The van der Waals surface area contributed by atoms with Crippen LogP contribution in [0.5, 0.6) is 5.75 Å². The van der Waals surface area contributed by atoms with Gasteiger partial charge in [0, 0.05) is 23.2 Å². The van der Waals surface area contributed by atoms with Crippen LogP contribution in [0.4, 0.5) is 11.4 Å². The monoisotopic (exact) mass is 464 g/mol. The molecule has 2 N–H and O–H groups in total. The van der Waals surface area contributed by atoms with Gasteiger partial charge in [-0.2, -0.15) is 0 Å². The fraction of sp³-hybridized carbons (Fsp3) is 0.240. The van der Waals surface area contributed by atoms with E-state index in [0.717, 1.165) is 34.6 Å². The third-order valence-corrected chi connectivity index (χ3v) is 6.55. The van der Waals surface area contributed by atoms with Gasteiger partial charge in [0.25, 0.3) is 5.91 Å². The van der Waals surface area contributed by atoms with Crippen molar-refractivity contribution in [1.82, 2.24) is 0 Å². The maximum absolute atomic E-state index is 12.7. The number of fused-ring (bicyclic) bond motifs is 3. The van der Waals surface area contributed by atoms with Crippen LogP contribution in [-0.2, 0) is 27.2 Å². The molecule has 1 aliphatic rings. The van der Waals surface area contributed by atoms with E-state index in [1.807, 2.05) is 24.3 Å². The number of benzene rings is 2. The molecular weight excluding hydrogens is 440 g/mol. The van der Waals surface area contributed by atoms with E-state index in [4.69, 9.17) is 9.47 Å². The Morgan fingerprint density at radius 2 is 1.61 bits per heavy atom. The average molecular weight is 465 g/mol. The second-order valence-electron chi connectivity index (χ2n) is 7.78. The highest BCUT2D eigenvalue weighted by Gasteiger charge is 2.25. The summed E-state index contributed by atoms with van der Waals surface area (Å²) >= 11 is 1.38. The number of nitrogens with one attached hydrogen (secondary N) is 2. The molecule has 2 aromatic carbocycles. The van der Waals surface area contributed by atoms with E-state index in [1.165, 1.54) is 30.7 Å². The number of aryl methyl sites for hydroxylation is 2. The molecule has 3 aromatic rings. The smallest absolute Gasteiger partial charge is 0.349 e. The van der Waals surface area contributed by atoms with Gasteiger partial charge < -0.3 is 20.1 Å². The Morgan fingerprint density at radius 3 is 2.27 bits per heavy atom. The zero-order valence-electron chi connectivity index (χ0n) is 18.6. The molecule has 0 spiro atoms. The highest BCUT2D eigenvalue weighted by molar-refractivity contribution is 7.17. The number of carbonyl (C=O) groups excluding carboxylic acids is 3. The SMILES string of the molecule is COc1ccc2c(c1)CCc1cc(C(=O)O[C@H](C)C(=O)Nc3ccc(NC(C)=O)cc3)sc1-2. The molecule has 7 nitrogen and oxygen atoms in total. The molecule has 1 atom stereocenters. The van der Waals surface area contributed by atoms with Crippen LogP contribution in [-0.4, -0.2) is 31.0 Å². The van der Waals surface area contributed by atoms with Gasteiger partial charge in [-0.1, -0.05) is 0 Å². The van der Waals surface area contributed by atoms with E-state index in [-0.39, 0.29) is 5.91 Å². The Morgan fingerprint density at radius 1 is 0.939 bits per heavy atom. The summed E-state index contributed by atoms with van der Waals surface area (Å²) in [5.41, 5.74) is 4.58. The fourth-order valence-corrected chi connectivity index (χ4v) is 4.85. The van der Waals surface area contributed by atoms with Crippen LogP contribution < -0.4 is 15.4 Å². The topological polar surface area (TPSA) is 93.7 Å². The maximum Gasteiger partial charge on any atom is 0.349 e. The molecule has 1 aromatic heterocycles. The zero-order chi connectivity index (χ0) is 23.5. The van der Waals surface area contributed by atoms with Crippen LogP contribution in [0.2, 0.25) is 0 Å². The lowest BCUT2D eigenvalue weighted by Gasteiger charge is -2.16. The third kappa shape index (κ3) is 5.06. The predicted molar refractivity (Wildman–Crippen MR) is 128 cm³/mol. The van der Waals surface area contributed by atoms with Gasteiger partial charge in [0.1, 0.15) is 10.6 Å². The van der Waals surface area contributed by atoms with E-state index in [0.29, 0.717) is 16.3 Å². The summed E-state index contributed by atoms with van der Waals surface area (Å²) < 4.78 is 10.7. The summed E-state index contributed by atoms with van der Waals surface area (Å²) in [5.74, 6) is -0.314. The lowest BCUT2D eigenvalue weighted by molar-refractivity contribution is -0.123. The molecule has 0 saturated carbocycles. The van der Waals surface area contributed by atoms with Crippen molar-refractivity contribution >= 4 is 40.5 Å². The van der Waals surface area contributed by atoms with Gasteiger partial charge in [-0.3, -0.25) is 9.59 Å². The van der Waals surface area contributed by atoms with Gasteiger partial charge >= 0.3 is 5.97 Å². The summed E-state index contributed by atoms with van der Waals surface area (Å²) in [4.78, 5) is 37.9. The minimum atomic E-state index is -0.969. The molecule has 2 amide bonds. The molecule has 1 heterocycles. The zero-order valence-corrected chi connectivity index (χ0v) is 19.4. The second-order valence-corrected chi connectivity index (χ2v) is 8.84. The van der Waals surface area contributed by atoms with Gasteiger partial charge in [-0.15, -0.1) is 11.3 Å². The minimum Gasteiger partial charge on any atom is -0.497 e.